The number of allylic oxidation sites excluding steroid dienone is 6. The predicted molar refractivity (Wildman–Crippen MR) is 215 cm³/mol. The van der Waals surface area contributed by atoms with Crippen LogP contribution in [0, 0.1) is 21.7 Å². The van der Waals surface area contributed by atoms with E-state index in [9.17, 15) is 28.3 Å². The van der Waals surface area contributed by atoms with Crippen molar-refractivity contribution in [3.63, 3.8) is 0 Å². The maximum Gasteiger partial charge on any atom is 0.351 e. The first kappa shape index (κ1) is 53.4. The van der Waals surface area contributed by atoms with E-state index < -0.39 is 93.3 Å². The molecule has 324 valence electrons. The predicted octanol–water partition coefficient (Wildman–Crippen LogP) is 10.8. The molecule has 0 aromatic rings. The Balaban J connectivity index is 7.12. The minimum Gasteiger partial charge on any atom is -0.438 e. The van der Waals surface area contributed by atoms with Gasteiger partial charge in [-0.25, -0.2) is 0 Å². The molecular weight excluding hydrogens is 766 g/mol. The van der Waals surface area contributed by atoms with E-state index >= 15 is 0 Å². The molecule has 0 aromatic heterocycles. The van der Waals surface area contributed by atoms with Crippen molar-refractivity contribution in [3.05, 3.63) is 34.9 Å². The third-order valence-electron chi connectivity index (χ3n) is 7.67. The van der Waals surface area contributed by atoms with Gasteiger partial charge in [-0.05, 0) is 143 Å². The van der Waals surface area contributed by atoms with Crippen molar-refractivity contribution < 1.29 is 65.4 Å². The molecule has 0 amide bonds. The van der Waals surface area contributed by atoms with Crippen LogP contribution < -0.4 is 0 Å². The molecule has 0 fully saturated rings. The lowest BCUT2D eigenvalue weighted by atomic mass is 9.98. The fourth-order valence-corrected chi connectivity index (χ4v) is 8.52. The van der Waals surface area contributed by atoms with E-state index in [1.165, 1.54) is 11.1 Å². The smallest absolute Gasteiger partial charge is 0.351 e. The Morgan fingerprint density at radius 1 is 0.464 bits per heavy atom. The molecular formula is C40H70O14P2. The van der Waals surface area contributed by atoms with E-state index in [-0.39, 0.29) is 6.42 Å². The van der Waals surface area contributed by atoms with Gasteiger partial charge in [0, 0.05) is 0 Å². The van der Waals surface area contributed by atoms with Crippen molar-refractivity contribution in [2.45, 2.75) is 148 Å². The summed E-state index contributed by atoms with van der Waals surface area (Å²) in [7, 11) is -9.78. The number of carbonyl (C=O) groups is 4. The van der Waals surface area contributed by atoms with Gasteiger partial charge < -0.3 is 18.9 Å². The highest BCUT2D eigenvalue weighted by Gasteiger charge is 2.52. The lowest BCUT2D eigenvalue weighted by molar-refractivity contribution is -0.163. The van der Waals surface area contributed by atoms with Gasteiger partial charge in [0.05, 0.1) is 21.7 Å². The second kappa shape index (κ2) is 23.1. The molecule has 0 heterocycles. The van der Waals surface area contributed by atoms with Crippen LogP contribution in [-0.2, 0) is 65.4 Å². The van der Waals surface area contributed by atoms with Crippen molar-refractivity contribution in [1.29, 1.82) is 0 Å². The van der Waals surface area contributed by atoms with Crippen molar-refractivity contribution in [1.82, 2.24) is 0 Å². The number of rotatable bonds is 22. The maximum absolute atomic E-state index is 15.0. The van der Waals surface area contributed by atoms with Crippen LogP contribution in [0.2, 0.25) is 0 Å². The third-order valence-corrected chi connectivity index (χ3v) is 13.1. The van der Waals surface area contributed by atoms with Gasteiger partial charge in [0.2, 0.25) is 27.2 Å². The molecule has 0 rings (SSSR count). The van der Waals surface area contributed by atoms with Crippen LogP contribution in [0.1, 0.15) is 143 Å². The Hall–Kier alpha value is -2.60. The third kappa shape index (κ3) is 21.2. The molecule has 0 aliphatic carbocycles. The van der Waals surface area contributed by atoms with Gasteiger partial charge in [-0.15, -0.1) is 0 Å². The highest BCUT2D eigenvalue weighted by molar-refractivity contribution is 7.72. The van der Waals surface area contributed by atoms with E-state index in [4.69, 9.17) is 37.0 Å². The highest BCUT2D eigenvalue weighted by atomic mass is 31.2. The number of esters is 4. The molecule has 0 aromatic carbocycles. The lowest BCUT2D eigenvalue weighted by Crippen LogP contribution is -2.28. The first-order valence-corrected chi connectivity index (χ1v) is 22.0. The van der Waals surface area contributed by atoms with E-state index in [2.05, 4.69) is 32.9 Å². The molecule has 0 aliphatic rings. The molecule has 0 unspecified atom stereocenters. The SMILES string of the molecule is CC(C)=CCC/C(C)=C\CC/C(C)=C\CC(P(=O)(OCOC(=O)C(C)(C)C)OCOC(=O)C(C)(C)C)P(=O)(OCOC(=O)C(C)(C)C)OCOC(=O)C(C)(C)C. The molecule has 0 aliphatic heterocycles. The topological polar surface area (TPSA) is 176 Å². The zero-order chi connectivity index (χ0) is 43.8. The number of hydrogen-bond acceptors (Lipinski definition) is 14. The quantitative estimate of drug-likeness (QED) is 0.0331. The van der Waals surface area contributed by atoms with Gasteiger partial charge in [0.15, 0.2) is 5.40 Å². The van der Waals surface area contributed by atoms with Gasteiger partial charge in [0.25, 0.3) is 0 Å². The summed E-state index contributed by atoms with van der Waals surface area (Å²) in [4.78, 5) is 50.5. The average Bonchev–Trinajstić information content (AvgIpc) is 3.02. The second-order valence-electron chi connectivity index (χ2n) is 18.0. The highest BCUT2D eigenvalue weighted by Crippen LogP contribution is 2.71. The summed E-state index contributed by atoms with van der Waals surface area (Å²) in [5, 5.41) is -1.85. The normalized spacial score (nSPS) is 13.7. The summed E-state index contributed by atoms with van der Waals surface area (Å²) < 4.78 is 73.5. The summed E-state index contributed by atoms with van der Waals surface area (Å²) in [6.07, 6.45) is 8.70. The Morgan fingerprint density at radius 2 is 0.732 bits per heavy atom. The van der Waals surface area contributed by atoms with Gasteiger partial charge in [-0.2, -0.15) is 0 Å². The van der Waals surface area contributed by atoms with Crippen molar-refractivity contribution in [2.24, 2.45) is 21.7 Å². The van der Waals surface area contributed by atoms with Crippen LogP contribution >= 0.6 is 15.2 Å². The Kier molecular flexibility index (Phi) is 22.0. The van der Waals surface area contributed by atoms with Crippen molar-refractivity contribution in [3.8, 4) is 0 Å². The summed E-state index contributed by atoms with van der Waals surface area (Å²) in [5.41, 5.74) is -0.603. The van der Waals surface area contributed by atoms with Crippen molar-refractivity contribution >= 4 is 39.1 Å². The van der Waals surface area contributed by atoms with Gasteiger partial charge in [-0.3, -0.25) is 46.4 Å². The van der Waals surface area contributed by atoms with Crippen LogP contribution in [0.5, 0.6) is 0 Å². The number of carbonyl (C=O) groups excluding carboxylic acids is 4. The fourth-order valence-electron chi connectivity index (χ4n) is 3.97. The summed E-state index contributed by atoms with van der Waals surface area (Å²) in [6.45, 7) is 23.5. The molecule has 0 N–H and O–H groups in total. The largest absolute Gasteiger partial charge is 0.438 e. The minimum atomic E-state index is -4.89. The summed E-state index contributed by atoms with van der Waals surface area (Å²) >= 11 is 0. The first-order valence-electron chi connectivity index (χ1n) is 18.8. The molecule has 0 saturated carbocycles. The number of ether oxygens (including phenoxy) is 4. The second-order valence-corrected chi connectivity index (χ2v) is 22.8. The minimum absolute atomic E-state index is 0.343. The van der Waals surface area contributed by atoms with Gasteiger partial charge >= 0.3 is 39.1 Å². The molecule has 0 bridgehead atoms. The Labute approximate surface area is 335 Å². The molecule has 0 spiro atoms. The van der Waals surface area contributed by atoms with Crippen LogP contribution in [0.15, 0.2) is 34.9 Å². The van der Waals surface area contributed by atoms with Crippen LogP contribution in [-0.4, -0.2) is 56.4 Å². The molecule has 0 atom stereocenters. The zero-order valence-electron chi connectivity index (χ0n) is 36.8. The Morgan fingerprint density at radius 3 is 1.00 bits per heavy atom. The summed E-state index contributed by atoms with van der Waals surface area (Å²) in [5.74, 6) is -2.84. The first-order chi connectivity index (χ1) is 25.3. The Bertz CT molecular complexity index is 1340. The van der Waals surface area contributed by atoms with Gasteiger partial charge in [0.1, 0.15) is 0 Å². The number of hydrogen-bond donors (Lipinski definition) is 0. The monoisotopic (exact) mass is 836 g/mol. The van der Waals surface area contributed by atoms with E-state index in [0.29, 0.717) is 12.8 Å². The zero-order valence-corrected chi connectivity index (χ0v) is 38.6. The van der Waals surface area contributed by atoms with E-state index in [0.717, 1.165) is 18.4 Å². The van der Waals surface area contributed by atoms with Crippen LogP contribution in [0.3, 0.4) is 0 Å². The summed E-state index contributed by atoms with van der Waals surface area (Å²) in [6, 6.07) is 0. The van der Waals surface area contributed by atoms with Crippen molar-refractivity contribution in [2.75, 3.05) is 27.2 Å². The molecule has 14 nitrogen and oxygen atoms in total. The maximum atomic E-state index is 15.0. The lowest BCUT2D eigenvalue weighted by Gasteiger charge is -2.31. The van der Waals surface area contributed by atoms with Crippen LogP contribution in [0.4, 0.5) is 0 Å². The standard InChI is InChI=1S/C40H70O14P2/c1-29(2)19-17-20-30(3)21-18-22-31(4)23-24-32(55(45,51-25-47-33(41)37(5,6)7)52-26-48-34(42)38(8,9)10)56(46,53-27-49-35(43)39(11,12)13)54-28-50-36(44)40(14,15)16/h19,21,23,32H,17-18,20,22,24-28H2,1-16H3/b30-21-,31-23-. The van der Waals surface area contributed by atoms with E-state index in [1.54, 1.807) is 89.2 Å². The average molecular weight is 837 g/mol. The van der Waals surface area contributed by atoms with E-state index in [1.807, 2.05) is 6.92 Å². The molecule has 0 radical (unpaired) electrons. The molecule has 16 heteroatoms. The molecule has 0 saturated heterocycles. The van der Waals surface area contributed by atoms with Crippen LogP contribution in [0.25, 0.3) is 0 Å². The molecule has 56 heavy (non-hydrogen) atoms. The fraction of sp³-hybridized carbons (Fsp3) is 0.750. The van der Waals surface area contributed by atoms with Gasteiger partial charge in [-0.1, -0.05) is 34.9 Å².